The van der Waals surface area contributed by atoms with Crippen LogP contribution in [0.3, 0.4) is 0 Å². The van der Waals surface area contributed by atoms with Gasteiger partial charge in [-0.2, -0.15) is 0 Å². The second kappa shape index (κ2) is 4.67. The zero-order valence-corrected chi connectivity index (χ0v) is 9.50. The van der Waals surface area contributed by atoms with Gasteiger partial charge in [-0.25, -0.2) is 0 Å². The van der Waals surface area contributed by atoms with Crippen molar-refractivity contribution in [3.8, 4) is 0 Å². The van der Waals surface area contributed by atoms with Crippen LogP contribution in [0.5, 0.6) is 0 Å². The molecular weight excluding hydrogens is 184 g/mol. The molecule has 0 atom stereocenters. The van der Waals surface area contributed by atoms with E-state index < -0.39 is 0 Å². The van der Waals surface area contributed by atoms with Crippen LogP contribution in [0, 0.1) is 0 Å². The van der Waals surface area contributed by atoms with Crippen LogP contribution >= 0.6 is 0 Å². The minimum Gasteiger partial charge on any atom is -0.375 e. The largest absolute Gasteiger partial charge is 0.375 e. The summed E-state index contributed by atoms with van der Waals surface area (Å²) >= 11 is 0. The van der Waals surface area contributed by atoms with Crippen LogP contribution in [-0.4, -0.2) is 20.1 Å². The first-order valence-electron chi connectivity index (χ1n) is 5.84. The number of nitrogens with zero attached hydrogens (tertiary/aromatic N) is 1. The van der Waals surface area contributed by atoms with Crippen LogP contribution in [0.1, 0.15) is 24.0 Å². The summed E-state index contributed by atoms with van der Waals surface area (Å²) in [6.45, 7) is 1.82. The molecule has 1 aromatic carbocycles. The Bertz CT molecular complexity index is 333. The van der Waals surface area contributed by atoms with Gasteiger partial charge in [0.05, 0.1) is 0 Å². The Morgan fingerprint density at radius 1 is 1.27 bits per heavy atom. The van der Waals surface area contributed by atoms with Crippen molar-refractivity contribution in [2.45, 2.75) is 25.7 Å². The van der Waals surface area contributed by atoms with Crippen molar-refractivity contribution in [2.75, 3.05) is 25.0 Å². The number of benzene rings is 1. The highest BCUT2D eigenvalue weighted by Crippen LogP contribution is 2.26. The minimum atomic E-state index is 0.773. The van der Waals surface area contributed by atoms with E-state index in [1.807, 2.05) is 0 Å². The zero-order chi connectivity index (χ0) is 10.7. The molecule has 0 spiro atoms. The maximum absolute atomic E-state index is 5.52. The first kappa shape index (κ1) is 10.5. The molecule has 15 heavy (non-hydrogen) atoms. The second-order valence-electron chi connectivity index (χ2n) is 4.37. The fourth-order valence-corrected chi connectivity index (χ4v) is 2.25. The van der Waals surface area contributed by atoms with E-state index >= 15 is 0 Å². The third-order valence-electron chi connectivity index (χ3n) is 3.22. The third-order valence-corrected chi connectivity index (χ3v) is 3.22. The molecule has 0 fully saturated rings. The summed E-state index contributed by atoms with van der Waals surface area (Å²) < 4.78 is 0. The Labute approximate surface area is 92.1 Å². The molecule has 2 rings (SSSR count). The summed E-state index contributed by atoms with van der Waals surface area (Å²) in [7, 11) is 2.15. The average Bonchev–Trinajstić information content (AvgIpc) is 2.72. The lowest BCUT2D eigenvalue weighted by atomic mass is 10.1. The highest BCUT2D eigenvalue weighted by Gasteiger charge is 2.11. The molecule has 0 unspecified atom stereocenters. The van der Waals surface area contributed by atoms with Crippen LogP contribution in [0.25, 0.3) is 0 Å². The Morgan fingerprint density at radius 3 is 2.87 bits per heavy atom. The van der Waals surface area contributed by atoms with Gasteiger partial charge in [-0.05, 0) is 55.5 Å². The fraction of sp³-hybridized carbons (Fsp3) is 0.538. The predicted octanol–water partition coefficient (Wildman–Crippen LogP) is 1.96. The lowest BCUT2D eigenvalue weighted by Gasteiger charge is -2.19. The summed E-state index contributed by atoms with van der Waals surface area (Å²) in [5.74, 6) is 0. The van der Waals surface area contributed by atoms with E-state index in [2.05, 4.69) is 30.1 Å². The van der Waals surface area contributed by atoms with Crippen molar-refractivity contribution < 1.29 is 0 Å². The molecule has 0 bridgehead atoms. The lowest BCUT2D eigenvalue weighted by Crippen LogP contribution is -2.21. The van der Waals surface area contributed by atoms with Crippen molar-refractivity contribution >= 4 is 5.69 Å². The minimum absolute atomic E-state index is 0.773. The van der Waals surface area contributed by atoms with Gasteiger partial charge in [0.15, 0.2) is 0 Å². The van der Waals surface area contributed by atoms with E-state index in [0.29, 0.717) is 0 Å². The number of rotatable bonds is 4. The molecule has 1 aliphatic carbocycles. The number of hydrogen-bond acceptors (Lipinski definition) is 2. The van der Waals surface area contributed by atoms with Crippen molar-refractivity contribution in [3.63, 3.8) is 0 Å². The highest BCUT2D eigenvalue weighted by molar-refractivity contribution is 5.51. The number of aryl methyl sites for hydroxylation is 2. The Hall–Kier alpha value is -1.02. The van der Waals surface area contributed by atoms with E-state index in [-0.39, 0.29) is 0 Å². The fourth-order valence-electron chi connectivity index (χ4n) is 2.25. The van der Waals surface area contributed by atoms with Gasteiger partial charge in [0.25, 0.3) is 0 Å². The van der Waals surface area contributed by atoms with Gasteiger partial charge in [0.2, 0.25) is 0 Å². The summed E-state index contributed by atoms with van der Waals surface area (Å²) in [6, 6.07) is 6.87. The number of hydrogen-bond donors (Lipinski definition) is 1. The van der Waals surface area contributed by atoms with Crippen LogP contribution in [0.2, 0.25) is 0 Å². The average molecular weight is 204 g/mol. The van der Waals surface area contributed by atoms with Crippen molar-refractivity contribution in [1.82, 2.24) is 0 Å². The van der Waals surface area contributed by atoms with Crippen LogP contribution in [-0.2, 0) is 12.8 Å². The molecule has 1 aliphatic rings. The Morgan fingerprint density at radius 2 is 2.07 bits per heavy atom. The van der Waals surface area contributed by atoms with Gasteiger partial charge in [0.1, 0.15) is 0 Å². The summed E-state index contributed by atoms with van der Waals surface area (Å²) in [6.07, 6.45) is 4.91. The van der Waals surface area contributed by atoms with E-state index in [1.54, 1.807) is 11.1 Å². The molecule has 2 nitrogen and oxygen atoms in total. The molecule has 1 aromatic rings. The predicted molar refractivity (Wildman–Crippen MR) is 65.4 cm³/mol. The van der Waals surface area contributed by atoms with Crippen LogP contribution < -0.4 is 10.6 Å². The summed E-state index contributed by atoms with van der Waals surface area (Å²) in [4.78, 5) is 2.30. The molecule has 0 saturated heterocycles. The van der Waals surface area contributed by atoms with Gasteiger partial charge in [-0.1, -0.05) is 6.07 Å². The molecule has 2 heteroatoms. The molecule has 0 saturated carbocycles. The van der Waals surface area contributed by atoms with Crippen LogP contribution in [0.15, 0.2) is 18.2 Å². The maximum atomic E-state index is 5.52. The zero-order valence-electron chi connectivity index (χ0n) is 9.50. The standard InChI is InChI=1S/C13H20N2/c1-15(9-3-8-14)13-7-6-11-4-2-5-12(11)10-13/h6-7,10H,2-5,8-9,14H2,1H3. The summed E-state index contributed by atoms with van der Waals surface area (Å²) in [5, 5.41) is 0. The molecule has 82 valence electrons. The number of anilines is 1. The van der Waals surface area contributed by atoms with Crippen molar-refractivity contribution in [1.29, 1.82) is 0 Å². The van der Waals surface area contributed by atoms with Gasteiger partial charge in [-0.3, -0.25) is 0 Å². The molecule has 0 heterocycles. The van der Waals surface area contributed by atoms with E-state index in [4.69, 9.17) is 5.73 Å². The highest BCUT2D eigenvalue weighted by atomic mass is 15.1. The van der Waals surface area contributed by atoms with Gasteiger partial charge < -0.3 is 10.6 Å². The molecule has 2 N–H and O–H groups in total. The first-order chi connectivity index (χ1) is 7.31. The second-order valence-corrected chi connectivity index (χ2v) is 4.37. The number of nitrogens with two attached hydrogens (primary N) is 1. The lowest BCUT2D eigenvalue weighted by molar-refractivity contribution is 0.795. The van der Waals surface area contributed by atoms with Crippen molar-refractivity contribution in [2.24, 2.45) is 5.73 Å². The first-order valence-corrected chi connectivity index (χ1v) is 5.84. The monoisotopic (exact) mass is 204 g/mol. The summed E-state index contributed by atoms with van der Waals surface area (Å²) in [5.41, 5.74) is 9.95. The van der Waals surface area contributed by atoms with E-state index in [1.165, 1.54) is 24.9 Å². The van der Waals surface area contributed by atoms with Gasteiger partial charge in [0, 0.05) is 19.3 Å². The Balaban J connectivity index is 2.08. The maximum Gasteiger partial charge on any atom is 0.0366 e. The molecule has 0 aliphatic heterocycles. The number of fused-ring (bicyclic) bond motifs is 1. The SMILES string of the molecule is CN(CCCN)c1ccc2c(c1)CCC2. The van der Waals surface area contributed by atoms with Crippen LogP contribution in [0.4, 0.5) is 5.69 Å². The quantitative estimate of drug-likeness (QED) is 0.812. The van der Waals surface area contributed by atoms with Crippen molar-refractivity contribution in [3.05, 3.63) is 29.3 Å². The van der Waals surface area contributed by atoms with E-state index in [9.17, 15) is 0 Å². The topological polar surface area (TPSA) is 29.3 Å². The smallest absolute Gasteiger partial charge is 0.0366 e. The van der Waals surface area contributed by atoms with Gasteiger partial charge >= 0.3 is 0 Å². The Kier molecular flexibility index (Phi) is 3.27. The molecule has 0 radical (unpaired) electrons. The molecule has 0 amide bonds. The normalized spacial score (nSPS) is 14.0. The molecule has 0 aromatic heterocycles. The van der Waals surface area contributed by atoms with Gasteiger partial charge in [-0.15, -0.1) is 0 Å². The molecular formula is C13H20N2. The third kappa shape index (κ3) is 2.32. The van der Waals surface area contributed by atoms with E-state index in [0.717, 1.165) is 19.5 Å².